The third kappa shape index (κ3) is 4.57. The SMILES string of the molecule is C[C@H]1CN(C(=O)OC(C)(C)C)Cc2ccc(OS(=O)(=O)C(F)(F)F)nc21. The van der Waals surface area contributed by atoms with Gasteiger partial charge in [-0.05, 0) is 32.4 Å². The second kappa shape index (κ2) is 6.60. The summed E-state index contributed by atoms with van der Waals surface area (Å²) in [5, 5.41) is 0. The molecule has 0 fully saturated rings. The van der Waals surface area contributed by atoms with Gasteiger partial charge in [-0.1, -0.05) is 6.92 Å². The van der Waals surface area contributed by atoms with Crippen molar-refractivity contribution < 1.29 is 35.3 Å². The first kappa shape index (κ1) is 20.3. The predicted octanol–water partition coefficient (Wildman–Crippen LogP) is 3.16. The second-order valence-corrected chi connectivity index (χ2v) is 8.48. The third-order valence-electron chi connectivity index (χ3n) is 3.44. The van der Waals surface area contributed by atoms with Gasteiger partial charge in [0, 0.05) is 18.5 Å². The van der Waals surface area contributed by atoms with E-state index in [4.69, 9.17) is 4.74 Å². The van der Waals surface area contributed by atoms with Gasteiger partial charge in [-0.25, -0.2) is 9.78 Å². The number of hydrogen-bond acceptors (Lipinski definition) is 6. The van der Waals surface area contributed by atoms with Crippen LogP contribution in [0.5, 0.6) is 5.88 Å². The zero-order valence-corrected chi connectivity index (χ0v) is 15.4. The monoisotopic (exact) mass is 396 g/mol. The highest BCUT2D eigenvalue weighted by atomic mass is 32.2. The van der Waals surface area contributed by atoms with Gasteiger partial charge in [-0.3, -0.25) is 0 Å². The van der Waals surface area contributed by atoms with E-state index in [1.54, 1.807) is 27.7 Å². The van der Waals surface area contributed by atoms with Crippen LogP contribution in [0.4, 0.5) is 18.0 Å². The minimum Gasteiger partial charge on any atom is -0.444 e. The standard InChI is InChI=1S/C15H19F3N2O5S/c1-9-7-20(13(21)24-14(2,3)4)8-10-5-6-11(19-12(9)10)25-26(22,23)15(16,17)18/h5-6,9H,7-8H2,1-4H3/t9-/m0/s1. The number of carbonyl (C=O) groups excluding carboxylic acids is 1. The Bertz CT molecular complexity index is 802. The van der Waals surface area contributed by atoms with Crippen molar-refractivity contribution in [1.82, 2.24) is 9.88 Å². The fourth-order valence-electron chi connectivity index (χ4n) is 2.40. The molecule has 0 bridgehead atoms. The molecule has 26 heavy (non-hydrogen) atoms. The molecule has 146 valence electrons. The molecule has 1 aromatic heterocycles. The van der Waals surface area contributed by atoms with Crippen molar-refractivity contribution in [2.24, 2.45) is 0 Å². The molecule has 1 atom stereocenters. The molecular weight excluding hydrogens is 377 g/mol. The van der Waals surface area contributed by atoms with Crippen molar-refractivity contribution in [3.8, 4) is 5.88 Å². The average molecular weight is 396 g/mol. The predicted molar refractivity (Wildman–Crippen MR) is 84.9 cm³/mol. The van der Waals surface area contributed by atoms with Gasteiger partial charge in [0.15, 0.2) is 0 Å². The molecule has 7 nitrogen and oxygen atoms in total. The lowest BCUT2D eigenvalue weighted by molar-refractivity contribution is -0.0501. The molecular formula is C15H19F3N2O5S. The first-order valence-corrected chi connectivity index (χ1v) is 9.09. The molecule has 0 spiro atoms. The summed E-state index contributed by atoms with van der Waals surface area (Å²) in [4.78, 5) is 17.5. The molecule has 0 unspecified atom stereocenters. The largest absolute Gasteiger partial charge is 0.534 e. The zero-order valence-electron chi connectivity index (χ0n) is 14.6. The summed E-state index contributed by atoms with van der Waals surface area (Å²) in [5.41, 5.74) is -5.25. The van der Waals surface area contributed by atoms with Gasteiger partial charge in [0.1, 0.15) is 5.60 Å². The maximum Gasteiger partial charge on any atom is 0.534 e. The quantitative estimate of drug-likeness (QED) is 0.564. The number of nitrogens with zero attached hydrogens (tertiary/aromatic N) is 2. The van der Waals surface area contributed by atoms with Gasteiger partial charge < -0.3 is 13.8 Å². The van der Waals surface area contributed by atoms with Gasteiger partial charge >= 0.3 is 21.7 Å². The summed E-state index contributed by atoms with van der Waals surface area (Å²) in [6.45, 7) is 7.29. The van der Waals surface area contributed by atoms with Gasteiger partial charge in [0.2, 0.25) is 5.88 Å². The smallest absolute Gasteiger partial charge is 0.444 e. The van der Waals surface area contributed by atoms with Crippen LogP contribution in [-0.2, 0) is 21.4 Å². The van der Waals surface area contributed by atoms with Gasteiger partial charge in [-0.15, -0.1) is 0 Å². The highest BCUT2D eigenvalue weighted by molar-refractivity contribution is 7.87. The van der Waals surface area contributed by atoms with Crippen LogP contribution in [0.25, 0.3) is 0 Å². The number of halogens is 3. The fourth-order valence-corrected chi connectivity index (χ4v) is 2.82. The van der Waals surface area contributed by atoms with E-state index in [0.717, 1.165) is 6.07 Å². The maximum atomic E-state index is 12.4. The van der Waals surface area contributed by atoms with Crippen LogP contribution in [0.3, 0.4) is 0 Å². The van der Waals surface area contributed by atoms with Crippen molar-refractivity contribution in [1.29, 1.82) is 0 Å². The van der Waals surface area contributed by atoms with Crippen LogP contribution in [-0.4, -0.2) is 42.0 Å². The molecule has 0 radical (unpaired) electrons. The Balaban J connectivity index is 2.22. The Labute approximate surface area is 149 Å². The summed E-state index contributed by atoms with van der Waals surface area (Å²) in [6.07, 6.45) is -0.519. The van der Waals surface area contributed by atoms with Crippen LogP contribution >= 0.6 is 0 Å². The molecule has 0 saturated heterocycles. The number of fused-ring (bicyclic) bond motifs is 1. The van der Waals surface area contributed by atoms with Crippen molar-refractivity contribution in [3.05, 3.63) is 23.4 Å². The molecule has 2 heterocycles. The fraction of sp³-hybridized carbons (Fsp3) is 0.600. The van der Waals surface area contributed by atoms with Crippen molar-refractivity contribution in [2.75, 3.05) is 6.54 Å². The molecule has 0 saturated carbocycles. The van der Waals surface area contributed by atoms with E-state index in [1.807, 2.05) is 0 Å². The van der Waals surface area contributed by atoms with Gasteiger partial charge in [0.05, 0.1) is 12.2 Å². The van der Waals surface area contributed by atoms with E-state index >= 15 is 0 Å². The third-order valence-corrected chi connectivity index (χ3v) is 4.40. The number of aromatic nitrogens is 1. The lowest BCUT2D eigenvalue weighted by atomic mass is 9.97. The maximum absolute atomic E-state index is 12.4. The molecule has 1 aliphatic rings. The Morgan fingerprint density at radius 1 is 1.27 bits per heavy atom. The summed E-state index contributed by atoms with van der Waals surface area (Å²) < 4.78 is 68.8. The van der Waals surface area contributed by atoms with Crippen molar-refractivity contribution in [3.63, 3.8) is 0 Å². The molecule has 1 aromatic rings. The number of alkyl halides is 3. The number of amides is 1. The number of pyridine rings is 1. The van der Waals surface area contributed by atoms with Gasteiger partial charge in [-0.2, -0.15) is 21.6 Å². The van der Waals surface area contributed by atoms with E-state index in [0.29, 0.717) is 11.3 Å². The minimum atomic E-state index is -5.79. The van der Waals surface area contributed by atoms with Crippen LogP contribution in [0, 0.1) is 0 Å². The van der Waals surface area contributed by atoms with E-state index in [1.165, 1.54) is 11.0 Å². The molecule has 0 N–H and O–H groups in total. The lowest BCUT2D eigenvalue weighted by Gasteiger charge is -2.33. The summed E-state index contributed by atoms with van der Waals surface area (Å²) >= 11 is 0. The minimum absolute atomic E-state index is 0.147. The number of carbonyl (C=O) groups is 1. The topological polar surface area (TPSA) is 85.8 Å². The Kier molecular flexibility index (Phi) is 5.15. The second-order valence-electron chi connectivity index (χ2n) is 6.94. The van der Waals surface area contributed by atoms with E-state index < -0.39 is 33.2 Å². The molecule has 2 rings (SSSR count). The molecule has 0 aromatic carbocycles. The van der Waals surface area contributed by atoms with Crippen LogP contribution < -0.4 is 4.18 Å². The molecule has 1 aliphatic heterocycles. The Hall–Kier alpha value is -2.04. The first-order chi connectivity index (χ1) is 11.7. The number of hydrogen-bond donors (Lipinski definition) is 0. The Morgan fingerprint density at radius 3 is 2.42 bits per heavy atom. The first-order valence-electron chi connectivity index (χ1n) is 7.68. The van der Waals surface area contributed by atoms with E-state index in [2.05, 4.69) is 9.17 Å². The highest BCUT2D eigenvalue weighted by Gasteiger charge is 2.49. The summed E-state index contributed by atoms with van der Waals surface area (Å²) in [6, 6.07) is 2.41. The van der Waals surface area contributed by atoms with Crippen molar-refractivity contribution >= 4 is 16.2 Å². The lowest BCUT2D eigenvalue weighted by Crippen LogP contribution is -2.41. The highest BCUT2D eigenvalue weighted by Crippen LogP contribution is 2.31. The Morgan fingerprint density at radius 2 is 1.88 bits per heavy atom. The van der Waals surface area contributed by atoms with Crippen LogP contribution in [0.1, 0.15) is 44.9 Å². The van der Waals surface area contributed by atoms with Crippen LogP contribution in [0.15, 0.2) is 12.1 Å². The van der Waals surface area contributed by atoms with E-state index in [-0.39, 0.29) is 19.0 Å². The zero-order chi connectivity index (χ0) is 19.9. The number of ether oxygens (including phenoxy) is 1. The summed E-state index contributed by atoms with van der Waals surface area (Å²) in [7, 11) is -5.79. The van der Waals surface area contributed by atoms with Crippen molar-refractivity contribution in [2.45, 2.75) is 51.3 Å². The van der Waals surface area contributed by atoms with Gasteiger partial charge in [0.25, 0.3) is 0 Å². The molecule has 11 heteroatoms. The van der Waals surface area contributed by atoms with Crippen LogP contribution in [0.2, 0.25) is 0 Å². The molecule has 0 aliphatic carbocycles. The van der Waals surface area contributed by atoms with E-state index in [9.17, 15) is 26.4 Å². The normalized spacial score (nSPS) is 18.3. The summed E-state index contributed by atoms with van der Waals surface area (Å²) in [5.74, 6) is -1.01. The average Bonchev–Trinajstić information content (AvgIpc) is 2.44. The number of rotatable bonds is 2. The molecule has 1 amide bonds.